The molecule has 2 aromatic rings. The summed E-state index contributed by atoms with van der Waals surface area (Å²) in [6, 6.07) is 7.84. The standard InChI is InChI=1S/C15H13BrFNO3/c1-9-5-10(2)15(14(6-9)18(19)20)21-8-11-3-4-12(16)7-13(11)17/h3-7H,8H2,1-2H3. The fourth-order valence-corrected chi connectivity index (χ4v) is 2.38. The summed E-state index contributed by atoms with van der Waals surface area (Å²) in [6.45, 7) is 3.44. The van der Waals surface area contributed by atoms with Crippen LogP contribution in [0.4, 0.5) is 10.1 Å². The summed E-state index contributed by atoms with van der Waals surface area (Å²) < 4.78 is 19.9. The number of ether oxygens (including phenoxy) is 1. The molecule has 0 aliphatic heterocycles. The number of nitrogens with zero attached hydrogens (tertiary/aromatic N) is 1. The molecule has 0 bridgehead atoms. The summed E-state index contributed by atoms with van der Waals surface area (Å²) >= 11 is 3.17. The quantitative estimate of drug-likeness (QED) is 0.591. The van der Waals surface area contributed by atoms with Crippen LogP contribution in [0, 0.1) is 29.8 Å². The SMILES string of the molecule is Cc1cc(C)c(OCc2ccc(Br)cc2F)c([N+](=O)[O-])c1. The van der Waals surface area contributed by atoms with Crippen LogP contribution in [0.2, 0.25) is 0 Å². The second kappa shape index (κ2) is 6.22. The second-order valence-electron chi connectivity index (χ2n) is 4.71. The highest BCUT2D eigenvalue weighted by Gasteiger charge is 2.19. The largest absolute Gasteiger partial charge is 0.482 e. The molecule has 0 radical (unpaired) electrons. The van der Waals surface area contributed by atoms with Crippen molar-refractivity contribution in [3.63, 3.8) is 0 Å². The first-order valence-electron chi connectivity index (χ1n) is 6.21. The van der Waals surface area contributed by atoms with Crippen molar-refractivity contribution >= 4 is 21.6 Å². The van der Waals surface area contributed by atoms with Crippen LogP contribution in [-0.2, 0) is 6.61 Å². The van der Waals surface area contributed by atoms with Crippen molar-refractivity contribution in [3.8, 4) is 5.75 Å². The van der Waals surface area contributed by atoms with E-state index < -0.39 is 10.7 Å². The van der Waals surface area contributed by atoms with E-state index in [2.05, 4.69) is 15.9 Å². The number of benzene rings is 2. The minimum atomic E-state index is -0.493. The van der Waals surface area contributed by atoms with Crippen LogP contribution in [0.15, 0.2) is 34.8 Å². The van der Waals surface area contributed by atoms with Gasteiger partial charge in [-0.2, -0.15) is 0 Å². The number of nitro groups is 1. The summed E-state index contributed by atoms with van der Waals surface area (Å²) in [5, 5.41) is 11.1. The first-order valence-corrected chi connectivity index (χ1v) is 7.00. The third-order valence-electron chi connectivity index (χ3n) is 2.98. The molecule has 0 saturated carbocycles. The molecule has 0 fully saturated rings. The Morgan fingerprint density at radius 2 is 2.00 bits per heavy atom. The van der Waals surface area contributed by atoms with Crippen LogP contribution in [0.3, 0.4) is 0 Å². The molecular weight excluding hydrogens is 341 g/mol. The highest BCUT2D eigenvalue weighted by atomic mass is 79.9. The number of aryl methyl sites for hydroxylation is 2. The first-order chi connectivity index (χ1) is 9.88. The Morgan fingerprint density at radius 1 is 1.29 bits per heavy atom. The van der Waals surface area contributed by atoms with Crippen LogP contribution in [0.1, 0.15) is 16.7 Å². The molecule has 0 saturated heterocycles. The molecule has 21 heavy (non-hydrogen) atoms. The molecule has 110 valence electrons. The summed E-state index contributed by atoms with van der Waals surface area (Å²) in [6.07, 6.45) is 0. The van der Waals surface area contributed by atoms with Crippen LogP contribution in [0.5, 0.6) is 5.75 Å². The van der Waals surface area contributed by atoms with E-state index in [0.717, 1.165) is 5.56 Å². The normalized spacial score (nSPS) is 10.5. The second-order valence-corrected chi connectivity index (χ2v) is 5.63. The van der Waals surface area contributed by atoms with Gasteiger partial charge in [0.2, 0.25) is 0 Å². The lowest BCUT2D eigenvalue weighted by atomic mass is 10.1. The Hall–Kier alpha value is -1.95. The van der Waals surface area contributed by atoms with Crippen molar-refractivity contribution in [2.75, 3.05) is 0 Å². The monoisotopic (exact) mass is 353 g/mol. The lowest BCUT2D eigenvalue weighted by Gasteiger charge is -2.11. The number of nitro benzene ring substituents is 1. The third-order valence-corrected chi connectivity index (χ3v) is 3.48. The van der Waals surface area contributed by atoms with Gasteiger partial charge in [-0.3, -0.25) is 10.1 Å². The van der Waals surface area contributed by atoms with Gasteiger partial charge in [0.1, 0.15) is 12.4 Å². The average molecular weight is 354 g/mol. The van der Waals surface area contributed by atoms with E-state index in [9.17, 15) is 14.5 Å². The average Bonchev–Trinajstić information content (AvgIpc) is 2.38. The molecule has 0 aromatic heterocycles. The van der Waals surface area contributed by atoms with E-state index >= 15 is 0 Å². The maximum atomic E-state index is 13.7. The highest BCUT2D eigenvalue weighted by Crippen LogP contribution is 2.32. The Bertz CT molecular complexity index is 704. The van der Waals surface area contributed by atoms with Crippen LogP contribution in [-0.4, -0.2) is 4.92 Å². The molecule has 2 aromatic carbocycles. The molecule has 0 spiro atoms. The number of halogens is 2. The Morgan fingerprint density at radius 3 is 2.62 bits per heavy atom. The van der Waals surface area contributed by atoms with Gasteiger partial charge in [-0.1, -0.05) is 28.1 Å². The highest BCUT2D eigenvalue weighted by molar-refractivity contribution is 9.10. The zero-order valence-corrected chi connectivity index (χ0v) is 13.1. The van der Waals surface area contributed by atoms with Gasteiger partial charge in [0.25, 0.3) is 0 Å². The van der Waals surface area contributed by atoms with Gasteiger partial charge in [0.05, 0.1) is 4.92 Å². The Labute approximate surface area is 129 Å². The van der Waals surface area contributed by atoms with E-state index in [4.69, 9.17) is 4.74 Å². The molecule has 2 rings (SSSR count). The fraction of sp³-hybridized carbons (Fsp3) is 0.200. The van der Waals surface area contributed by atoms with Crippen molar-refractivity contribution in [2.45, 2.75) is 20.5 Å². The lowest BCUT2D eigenvalue weighted by molar-refractivity contribution is -0.386. The fourth-order valence-electron chi connectivity index (χ4n) is 2.04. The zero-order valence-electron chi connectivity index (χ0n) is 11.5. The van der Waals surface area contributed by atoms with Crippen molar-refractivity contribution < 1.29 is 14.1 Å². The molecule has 4 nitrogen and oxygen atoms in total. The van der Waals surface area contributed by atoms with Gasteiger partial charge < -0.3 is 4.74 Å². The molecule has 0 atom stereocenters. The molecular formula is C15H13BrFNO3. The molecule has 0 heterocycles. The predicted molar refractivity (Wildman–Crippen MR) is 81.0 cm³/mol. The van der Waals surface area contributed by atoms with E-state index in [1.54, 1.807) is 32.0 Å². The van der Waals surface area contributed by atoms with Gasteiger partial charge in [-0.25, -0.2) is 4.39 Å². The molecule has 0 aliphatic rings. The maximum absolute atomic E-state index is 13.7. The summed E-state index contributed by atoms with van der Waals surface area (Å²) in [7, 11) is 0. The number of hydrogen-bond acceptors (Lipinski definition) is 3. The van der Waals surface area contributed by atoms with Gasteiger partial charge in [0, 0.05) is 16.1 Å². The van der Waals surface area contributed by atoms with E-state index in [1.165, 1.54) is 12.1 Å². The Kier molecular flexibility index (Phi) is 4.57. The van der Waals surface area contributed by atoms with Crippen molar-refractivity contribution in [1.29, 1.82) is 0 Å². The topological polar surface area (TPSA) is 52.4 Å². The molecule has 0 unspecified atom stereocenters. The van der Waals surface area contributed by atoms with Crippen LogP contribution in [0.25, 0.3) is 0 Å². The zero-order chi connectivity index (χ0) is 15.6. The van der Waals surface area contributed by atoms with Crippen molar-refractivity contribution in [1.82, 2.24) is 0 Å². The minimum Gasteiger partial charge on any atom is -0.482 e. The van der Waals surface area contributed by atoms with Gasteiger partial charge >= 0.3 is 5.69 Å². The predicted octanol–water partition coefficient (Wildman–Crippen LogP) is 4.69. The minimum absolute atomic E-state index is 0.0656. The summed E-state index contributed by atoms with van der Waals surface area (Å²) in [5.41, 5.74) is 1.66. The maximum Gasteiger partial charge on any atom is 0.311 e. The van der Waals surface area contributed by atoms with Crippen LogP contribution >= 0.6 is 15.9 Å². The molecule has 6 heteroatoms. The molecule has 0 N–H and O–H groups in total. The third kappa shape index (κ3) is 3.58. The van der Waals surface area contributed by atoms with Crippen molar-refractivity contribution in [2.24, 2.45) is 0 Å². The van der Waals surface area contributed by atoms with E-state index in [1.807, 2.05) is 0 Å². The first kappa shape index (κ1) is 15.4. The van der Waals surface area contributed by atoms with Gasteiger partial charge in [-0.05, 0) is 37.1 Å². The van der Waals surface area contributed by atoms with Gasteiger partial charge in [0.15, 0.2) is 5.75 Å². The Balaban J connectivity index is 2.29. The number of rotatable bonds is 4. The molecule has 0 aliphatic carbocycles. The smallest absolute Gasteiger partial charge is 0.311 e. The lowest BCUT2D eigenvalue weighted by Crippen LogP contribution is -2.03. The summed E-state index contributed by atoms with van der Waals surface area (Å²) in [4.78, 5) is 10.6. The van der Waals surface area contributed by atoms with Gasteiger partial charge in [-0.15, -0.1) is 0 Å². The summed E-state index contributed by atoms with van der Waals surface area (Å²) in [5.74, 6) is -0.246. The number of hydrogen-bond donors (Lipinski definition) is 0. The van der Waals surface area contributed by atoms with Crippen molar-refractivity contribution in [3.05, 3.63) is 67.4 Å². The molecule has 0 amide bonds. The van der Waals surface area contributed by atoms with Crippen LogP contribution < -0.4 is 4.74 Å². The van der Waals surface area contributed by atoms with E-state index in [-0.39, 0.29) is 18.0 Å². The van der Waals surface area contributed by atoms with E-state index in [0.29, 0.717) is 15.6 Å².